The molecule has 1 N–H and O–H groups in total. The van der Waals surface area contributed by atoms with Gasteiger partial charge in [-0.3, -0.25) is 9.59 Å². The minimum absolute atomic E-state index is 0.139. The number of H-pyrrole nitrogens is 1. The molecule has 0 fully saturated rings. The van der Waals surface area contributed by atoms with Crippen molar-refractivity contribution < 1.29 is 4.79 Å². The highest BCUT2D eigenvalue weighted by atomic mass is 32.2. The van der Waals surface area contributed by atoms with Crippen LogP contribution in [0.1, 0.15) is 13.3 Å². The van der Waals surface area contributed by atoms with Crippen molar-refractivity contribution in [2.24, 2.45) is 0 Å². The van der Waals surface area contributed by atoms with E-state index in [0.717, 1.165) is 16.1 Å². The minimum Gasteiger partial charge on any atom is -0.310 e. The lowest BCUT2D eigenvalue weighted by atomic mass is 10.2. The summed E-state index contributed by atoms with van der Waals surface area (Å²) < 4.78 is 0. The maximum atomic E-state index is 13.1. The number of fused-ring (bicyclic) bond motifs is 1. The van der Waals surface area contributed by atoms with Crippen molar-refractivity contribution >= 4 is 56.2 Å². The minimum atomic E-state index is -0.490. The van der Waals surface area contributed by atoms with Gasteiger partial charge < -0.3 is 9.88 Å². The van der Waals surface area contributed by atoms with Crippen LogP contribution in [0.5, 0.6) is 0 Å². The zero-order valence-corrected chi connectivity index (χ0v) is 19.0. The van der Waals surface area contributed by atoms with Crippen LogP contribution in [0.15, 0.2) is 63.2 Å². The number of para-hydroxylation sites is 1. The molecule has 0 unspecified atom stereocenters. The van der Waals surface area contributed by atoms with E-state index >= 15 is 0 Å². The smallest absolute Gasteiger partial charge is 0.260 e. The topological polar surface area (TPSA) is 89.8 Å². The van der Waals surface area contributed by atoms with Crippen molar-refractivity contribution in [2.75, 3.05) is 11.4 Å². The Morgan fingerprint density at radius 1 is 1.26 bits per heavy atom. The van der Waals surface area contributed by atoms with Gasteiger partial charge in [0.25, 0.3) is 5.56 Å². The lowest BCUT2D eigenvalue weighted by Crippen LogP contribution is -2.37. The van der Waals surface area contributed by atoms with E-state index in [1.54, 1.807) is 23.2 Å². The molecular formula is C22H18N4O2S3. The number of carbonyl (C=O) groups is 1. The predicted molar refractivity (Wildman–Crippen MR) is 128 cm³/mol. The number of hydrogen-bond acceptors (Lipinski definition) is 7. The summed E-state index contributed by atoms with van der Waals surface area (Å²) in [5, 5.41) is 13.4. The molecule has 3 aromatic heterocycles. The van der Waals surface area contributed by atoms with Gasteiger partial charge in [0.15, 0.2) is 5.16 Å². The molecule has 0 aliphatic carbocycles. The number of nitrogens with one attached hydrogen (secondary N) is 1. The van der Waals surface area contributed by atoms with Crippen LogP contribution in [0, 0.1) is 11.3 Å². The fourth-order valence-electron chi connectivity index (χ4n) is 3.17. The molecule has 0 spiro atoms. The fraction of sp³-hybridized carbons (Fsp3) is 0.182. The number of thiophene rings is 2. The third-order valence-electron chi connectivity index (χ3n) is 4.63. The number of nitriles is 1. The molecule has 4 rings (SSSR count). The van der Waals surface area contributed by atoms with E-state index in [1.807, 2.05) is 53.2 Å². The molecular weight excluding hydrogens is 448 g/mol. The lowest BCUT2D eigenvalue weighted by Gasteiger charge is -2.24. The second kappa shape index (κ2) is 9.47. The fourth-order valence-corrected chi connectivity index (χ4v) is 5.85. The molecule has 0 radical (unpaired) electrons. The summed E-state index contributed by atoms with van der Waals surface area (Å²) in [4.78, 5) is 36.6. The van der Waals surface area contributed by atoms with Crippen LogP contribution < -0.4 is 10.5 Å². The number of anilines is 1. The van der Waals surface area contributed by atoms with Gasteiger partial charge in [0.1, 0.15) is 4.83 Å². The van der Waals surface area contributed by atoms with Crippen LogP contribution >= 0.6 is 34.4 Å². The molecule has 4 aromatic rings. The Hall–Kier alpha value is -2.93. The molecule has 0 aliphatic heterocycles. The van der Waals surface area contributed by atoms with Gasteiger partial charge in [0.05, 0.1) is 23.1 Å². The second-order valence-corrected chi connectivity index (χ2v) is 9.81. The summed E-state index contributed by atoms with van der Waals surface area (Å²) in [5.74, 6) is -0.139. The summed E-state index contributed by atoms with van der Waals surface area (Å²) in [6, 6.07) is 15.3. The number of benzene rings is 1. The monoisotopic (exact) mass is 466 g/mol. The van der Waals surface area contributed by atoms with Gasteiger partial charge in [-0.15, -0.1) is 22.7 Å². The number of nitrogens with zero attached hydrogens (tertiary/aromatic N) is 3. The van der Waals surface area contributed by atoms with E-state index in [0.29, 0.717) is 21.9 Å². The molecule has 3 heterocycles. The average Bonchev–Trinajstić information content (AvgIpc) is 3.44. The predicted octanol–water partition coefficient (Wildman–Crippen LogP) is 5.14. The Balaban J connectivity index is 1.58. The van der Waals surface area contributed by atoms with E-state index in [4.69, 9.17) is 5.26 Å². The van der Waals surface area contributed by atoms with E-state index in [2.05, 4.69) is 16.0 Å². The molecule has 6 nitrogen and oxygen atoms in total. The lowest BCUT2D eigenvalue weighted by molar-refractivity contribution is -0.117. The average molecular weight is 467 g/mol. The van der Waals surface area contributed by atoms with E-state index in [1.165, 1.54) is 23.1 Å². The molecule has 156 valence electrons. The molecule has 1 atom stereocenters. The number of carbonyl (C=O) groups excluding carboxylic acids is 1. The molecule has 0 saturated heterocycles. The van der Waals surface area contributed by atoms with Crippen LogP contribution in [0.4, 0.5) is 5.69 Å². The summed E-state index contributed by atoms with van der Waals surface area (Å²) in [6.07, 6.45) is 0.236. The molecule has 1 aromatic carbocycles. The quantitative estimate of drug-likeness (QED) is 0.301. The van der Waals surface area contributed by atoms with E-state index in [-0.39, 0.29) is 17.9 Å². The Morgan fingerprint density at radius 2 is 2.06 bits per heavy atom. The van der Waals surface area contributed by atoms with Crippen molar-refractivity contribution in [3.8, 4) is 16.5 Å². The Bertz CT molecular complexity index is 1290. The number of amides is 1. The van der Waals surface area contributed by atoms with Gasteiger partial charge in [0.2, 0.25) is 5.91 Å². The molecule has 1 amide bonds. The highest BCUT2D eigenvalue weighted by Crippen LogP contribution is 2.34. The maximum absolute atomic E-state index is 13.1. The van der Waals surface area contributed by atoms with Crippen molar-refractivity contribution in [1.29, 1.82) is 5.26 Å². The number of rotatable bonds is 7. The van der Waals surface area contributed by atoms with Gasteiger partial charge in [-0.25, -0.2) is 4.98 Å². The summed E-state index contributed by atoms with van der Waals surface area (Å²) in [7, 11) is 0. The molecule has 9 heteroatoms. The van der Waals surface area contributed by atoms with Crippen LogP contribution in [-0.4, -0.2) is 27.7 Å². The van der Waals surface area contributed by atoms with Crippen LogP contribution in [0.2, 0.25) is 0 Å². The number of aromatic nitrogens is 2. The first kappa shape index (κ1) is 21.3. The van der Waals surface area contributed by atoms with Gasteiger partial charge in [0, 0.05) is 28.1 Å². The SMILES string of the molecule is C[C@H](Sc1nc2scc(-c3cccs3)c2c(=O)[nH]1)C(=O)N(CCC#N)c1ccccc1. The van der Waals surface area contributed by atoms with E-state index in [9.17, 15) is 9.59 Å². The van der Waals surface area contributed by atoms with Crippen molar-refractivity contribution in [3.05, 3.63) is 63.6 Å². The van der Waals surface area contributed by atoms with Crippen LogP contribution in [0.25, 0.3) is 20.7 Å². The van der Waals surface area contributed by atoms with Gasteiger partial charge >= 0.3 is 0 Å². The Kier molecular flexibility index (Phi) is 6.51. The molecule has 0 aliphatic rings. The largest absolute Gasteiger partial charge is 0.310 e. The van der Waals surface area contributed by atoms with Crippen molar-refractivity contribution in [2.45, 2.75) is 23.8 Å². The first-order valence-electron chi connectivity index (χ1n) is 9.54. The van der Waals surface area contributed by atoms with Gasteiger partial charge in [-0.2, -0.15) is 5.26 Å². The normalized spacial score (nSPS) is 11.9. The third kappa shape index (κ3) is 4.56. The first-order chi connectivity index (χ1) is 15.1. The van der Waals surface area contributed by atoms with Crippen LogP contribution in [-0.2, 0) is 4.79 Å². The van der Waals surface area contributed by atoms with E-state index < -0.39 is 5.25 Å². The summed E-state index contributed by atoms with van der Waals surface area (Å²) >= 11 is 4.21. The van der Waals surface area contributed by atoms with Gasteiger partial charge in [-0.05, 0) is 30.5 Å². The number of aromatic amines is 1. The van der Waals surface area contributed by atoms with Gasteiger partial charge in [-0.1, -0.05) is 36.0 Å². The summed E-state index contributed by atoms with van der Waals surface area (Å²) in [6.45, 7) is 2.09. The molecule has 0 saturated carbocycles. The third-order valence-corrected chi connectivity index (χ3v) is 7.37. The van der Waals surface area contributed by atoms with Crippen molar-refractivity contribution in [1.82, 2.24) is 9.97 Å². The Labute approximate surface area is 191 Å². The Morgan fingerprint density at radius 3 is 2.77 bits per heavy atom. The highest BCUT2D eigenvalue weighted by Gasteiger charge is 2.24. The molecule has 0 bridgehead atoms. The summed E-state index contributed by atoms with van der Waals surface area (Å²) in [5.41, 5.74) is 1.42. The van der Waals surface area contributed by atoms with Crippen LogP contribution in [0.3, 0.4) is 0 Å². The highest BCUT2D eigenvalue weighted by molar-refractivity contribution is 8.00. The number of hydrogen-bond donors (Lipinski definition) is 1. The molecule has 31 heavy (non-hydrogen) atoms. The second-order valence-electron chi connectivity index (χ2n) is 6.67. The zero-order chi connectivity index (χ0) is 21.8. The van der Waals surface area contributed by atoms with Crippen molar-refractivity contribution in [3.63, 3.8) is 0 Å². The zero-order valence-electron chi connectivity index (χ0n) is 16.6. The first-order valence-corrected chi connectivity index (χ1v) is 12.2. The maximum Gasteiger partial charge on any atom is 0.260 e. The standard InChI is InChI=1S/C22H18N4O2S3/c1-14(21(28)26(11-6-10-23)15-7-3-2-4-8-15)31-22-24-19(27)18-16(13-30-20(18)25-22)17-9-5-12-29-17/h2-5,7-9,12-14H,6,11H2,1H3,(H,24,25,27)/t14-/m0/s1. The number of thioether (sulfide) groups is 1.